The molecule has 1 aromatic carbocycles. The predicted molar refractivity (Wildman–Crippen MR) is 75.2 cm³/mol. The lowest BCUT2D eigenvalue weighted by Gasteiger charge is -2.07. The van der Waals surface area contributed by atoms with Gasteiger partial charge in [0.1, 0.15) is 5.76 Å². The molecule has 0 spiro atoms. The number of aromatic carboxylic acids is 1. The third-order valence-electron chi connectivity index (χ3n) is 3.00. The van der Waals surface area contributed by atoms with Gasteiger partial charge in [-0.05, 0) is 38.1 Å². The number of carboxylic acid groups (broad SMARTS) is 1. The zero-order chi connectivity index (χ0) is 15.4. The molecule has 0 radical (unpaired) electrons. The minimum Gasteiger partial charge on any atom is -0.478 e. The van der Waals surface area contributed by atoms with E-state index in [1.54, 1.807) is 13.8 Å². The van der Waals surface area contributed by atoms with Gasteiger partial charge in [-0.1, -0.05) is 5.16 Å². The Bertz CT molecular complexity index is 642. The average molecular weight is 289 g/mol. The first kappa shape index (κ1) is 14.6. The van der Waals surface area contributed by atoms with Crippen molar-refractivity contribution < 1.29 is 19.2 Å². The van der Waals surface area contributed by atoms with Crippen molar-refractivity contribution in [2.24, 2.45) is 0 Å². The van der Waals surface area contributed by atoms with Gasteiger partial charge in [-0.15, -0.1) is 0 Å². The van der Waals surface area contributed by atoms with Crippen molar-refractivity contribution in [2.75, 3.05) is 5.32 Å². The summed E-state index contributed by atoms with van der Waals surface area (Å²) in [5, 5.41) is 17.9. The van der Waals surface area contributed by atoms with Crippen LogP contribution in [0.4, 0.5) is 10.5 Å². The molecule has 0 unspecified atom stereocenters. The zero-order valence-electron chi connectivity index (χ0n) is 11.6. The first-order valence-electron chi connectivity index (χ1n) is 6.27. The number of nitrogens with one attached hydrogen (secondary N) is 2. The fraction of sp³-hybridized carbons (Fsp3) is 0.214. The number of hydrogen-bond acceptors (Lipinski definition) is 4. The maximum Gasteiger partial charge on any atom is 0.335 e. The Labute approximate surface area is 120 Å². The molecule has 2 aromatic rings. The summed E-state index contributed by atoms with van der Waals surface area (Å²) >= 11 is 0. The highest BCUT2D eigenvalue weighted by molar-refractivity contribution is 5.91. The molecule has 7 nitrogen and oxygen atoms in total. The van der Waals surface area contributed by atoms with E-state index in [0.717, 1.165) is 11.3 Å². The number of amides is 2. The molecule has 0 bridgehead atoms. The van der Waals surface area contributed by atoms with Crippen LogP contribution in [0.1, 0.15) is 27.4 Å². The van der Waals surface area contributed by atoms with Crippen LogP contribution >= 0.6 is 0 Å². The molecule has 0 atom stereocenters. The third kappa shape index (κ3) is 3.59. The van der Waals surface area contributed by atoms with Crippen molar-refractivity contribution >= 4 is 17.7 Å². The van der Waals surface area contributed by atoms with E-state index in [1.807, 2.05) is 0 Å². The van der Waals surface area contributed by atoms with Gasteiger partial charge in [0.25, 0.3) is 0 Å². The van der Waals surface area contributed by atoms with Gasteiger partial charge in [-0.3, -0.25) is 0 Å². The highest BCUT2D eigenvalue weighted by Gasteiger charge is 2.10. The number of nitrogens with zero attached hydrogens (tertiary/aromatic N) is 1. The number of anilines is 1. The van der Waals surface area contributed by atoms with Crippen LogP contribution in [0, 0.1) is 13.8 Å². The van der Waals surface area contributed by atoms with Crippen molar-refractivity contribution in [3.8, 4) is 0 Å². The fourth-order valence-electron chi connectivity index (χ4n) is 1.79. The van der Waals surface area contributed by atoms with Crippen LogP contribution in [0.5, 0.6) is 0 Å². The molecule has 110 valence electrons. The molecule has 1 heterocycles. The van der Waals surface area contributed by atoms with Crippen molar-refractivity contribution in [3.05, 3.63) is 46.8 Å². The Balaban J connectivity index is 1.91. The molecule has 1 aromatic heterocycles. The summed E-state index contributed by atoms with van der Waals surface area (Å²) in [4.78, 5) is 22.5. The van der Waals surface area contributed by atoms with E-state index in [1.165, 1.54) is 24.3 Å². The summed E-state index contributed by atoms with van der Waals surface area (Å²) in [7, 11) is 0. The molecular weight excluding hydrogens is 274 g/mol. The first-order valence-corrected chi connectivity index (χ1v) is 6.27. The summed E-state index contributed by atoms with van der Waals surface area (Å²) in [6.07, 6.45) is 0. The van der Waals surface area contributed by atoms with Crippen LogP contribution in [0.2, 0.25) is 0 Å². The van der Waals surface area contributed by atoms with E-state index in [4.69, 9.17) is 9.63 Å². The Kier molecular flexibility index (Phi) is 4.22. The van der Waals surface area contributed by atoms with Crippen molar-refractivity contribution in [1.29, 1.82) is 0 Å². The van der Waals surface area contributed by atoms with Crippen LogP contribution in [0.15, 0.2) is 28.8 Å². The molecule has 0 saturated heterocycles. The number of carboxylic acids is 1. The molecule has 0 aliphatic carbocycles. The van der Waals surface area contributed by atoms with Crippen LogP contribution in [-0.2, 0) is 6.54 Å². The van der Waals surface area contributed by atoms with Crippen LogP contribution in [0.25, 0.3) is 0 Å². The normalized spacial score (nSPS) is 10.2. The van der Waals surface area contributed by atoms with Crippen molar-refractivity contribution in [2.45, 2.75) is 20.4 Å². The van der Waals surface area contributed by atoms with Gasteiger partial charge in [-0.25, -0.2) is 9.59 Å². The number of rotatable bonds is 4. The van der Waals surface area contributed by atoms with Gasteiger partial charge in [0, 0.05) is 17.8 Å². The second-order valence-electron chi connectivity index (χ2n) is 4.49. The molecule has 0 saturated carbocycles. The Morgan fingerprint density at radius 1 is 1.24 bits per heavy atom. The van der Waals surface area contributed by atoms with E-state index >= 15 is 0 Å². The number of aromatic nitrogens is 1. The van der Waals surface area contributed by atoms with Gasteiger partial charge in [-0.2, -0.15) is 0 Å². The largest absolute Gasteiger partial charge is 0.478 e. The molecule has 3 N–H and O–H groups in total. The lowest BCUT2D eigenvalue weighted by atomic mass is 10.2. The molecule has 2 amide bonds. The second-order valence-corrected chi connectivity index (χ2v) is 4.49. The molecule has 7 heteroatoms. The monoisotopic (exact) mass is 289 g/mol. The number of aryl methyl sites for hydroxylation is 2. The maximum absolute atomic E-state index is 11.8. The molecule has 2 rings (SSSR count). The Morgan fingerprint density at radius 2 is 1.90 bits per heavy atom. The Hall–Kier alpha value is -2.83. The molecule has 21 heavy (non-hydrogen) atoms. The average Bonchev–Trinajstić information content (AvgIpc) is 2.76. The number of carbonyl (C=O) groups excluding carboxylic acids is 1. The molecular formula is C14H15N3O4. The highest BCUT2D eigenvalue weighted by atomic mass is 16.5. The van der Waals surface area contributed by atoms with Crippen LogP contribution in [-0.4, -0.2) is 22.3 Å². The highest BCUT2D eigenvalue weighted by Crippen LogP contribution is 2.12. The maximum atomic E-state index is 11.8. The summed E-state index contributed by atoms with van der Waals surface area (Å²) in [6.45, 7) is 3.88. The SMILES string of the molecule is Cc1noc(C)c1CNC(=O)Nc1ccc(C(=O)O)cc1. The minimum atomic E-state index is -1.01. The summed E-state index contributed by atoms with van der Waals surface area (Å²) < 4.78 is 5.00. The van der Waals surface area contributed by atoms with Crippen LogP contribution < -0.4 is 10.6 Å². The minimum absolute atomic E-state index is 0.164. The second kappa shape index (κ2) is 6.08. The van der Waals surface area contributed by atoms with Crippen LogP contribution in [0.3, 0.4) is 0 Å². The van der Waals surface area contributed by atoms with Gasteiger partial charge >= 0.3 is 12.0 Å². The predicted octanol–water partition coefficient (Wildman–Crippen LogP) is 2.31. The first-order chi connectivity index (χ1) is 9.97. The number of benzene rings is 1. The van der Waals surface area contributed by atoms with E-state index in [0.29, 0.717) is 18.0 Å². The molecule has 0 aliphatic rings. The topological polar surface area (TPSA) is 104 Å². The molecule has 0 fully saturated rings. The lowest BCUT2D eigenvalue weighted by Crippen LogP contribution is -2.28. The smallest absolute Gasteiger partial charge is 0.335 e. The standard InChI is InChI=1S/C14H15N3O4/c1-8-12(9(2)21-17-8)7-15-14(20)16-11-5-3-10(4-6-11)13(18)19/h3-6H,7H2,1-2H3,(H,18,19)(H2,15,16,20). The van der Waals surface area contributed by atoms with Gasteiger partial charge < -0.3 is 20.3 Å². The third-order valence-corrected chi connectivity index (χ3v) is 3.00. The summed E-state index contributed by atoms with van der Waals surface area (Å²) in [6, 6.07) is 5.51. The van der Waals surface area contributed by atoms with Gasteiger partial charge in [0.2, 0.25) is 0 Å². The van der Waals surface area contributed by atoms with Gasteiger partial charge in [0.05, 0.1) is 11.3 Å². The zero-order valence-corrected chi connectivity index (χ0v) is 11.6. The van der Waals surface area contributed by atoms with E-state index in [9.17, 15) is 9.59 Å². The number of hydrogen-bond donors (Lipinski definition) is 3. The number of urea groups is 1. The Morgan fingerprint density at radius 3 is 2.43 bits per heavy atom. The van der Waals surface area contributed by atoms with Crippen molar-refractivity contribution in [1.82, 2.24) is 10.5 Å². The number of carbonyl (C=O) groups is 2. The van der Waals surface area contributed by atoms with E-state index in [-0.39, 0.29) is 5.56 Å². The fourth-order valence-corrected chi connectivity index (χ4v) is 1.79. The quantitative estimate of drug-likeness (QED) is 0.801. The molecule has 0 aliphatic heterocycles. The lowest BCUT2D eigenvalue weighted by molar-refractivity contribution is 0.0697. The van der Waals surface area contributed by atoms with E-state index in [2.05, 4.69) is 15.8 Å². The summed E-state index contributed by atoms with van der Waals surface area (Å²) in [5.74, 6) is -0.344. The summed E-state index contributed by atoms with van der Waals surface area (Å²) in [5.41, 5.74) is 2.25. The van der Waals surface area contributed by atoms with Gasteiger partial charge in [0.15, 0.2) is 0 Å². The van der Waals surface area contributed by atoms with Crippen molar-refractivity contribution in [3.63, 3.8) is 0 Å². The van der Waals surface area contributed by atoms with E-state index < -0.39 is 12.0 Å².